The average molecular weight is 385 g/mol. The van der Waals surface area contributed by atoms with Crippen molar-refractivity contribution in [2.75, 3.05) is 20.6 Å². The number of aliphatic imine (C=N–C) groups is 1. The first-order valence-corrected chi connectivity index (χ1v) is 6.31. The molecule has 20 heavy (non-hydrogen) atoms. The molecule has 0 aliphatic rings. The smallest absolute Gasteiger partial charge is 0.190 e. The molecule has 2 aromatic rings. The molecular weight excluding hydrogens is 365 g/mol. The Bertz CT molecular complexity index is 536. The third-order valence-corrected chi connectivity index (χ3v) is 2.82. The maximum atomic E-state index is 4.37. The summed E-state index contributed by atoms with van der Waals surface area (Å²) in [5, 5.41) is 10.6. The highest BCUT2D eigenvalue weighted by atomic mass is 127. The Labute approximate surface area is 136 Å². The molecule has 108 valence electrons. The monoisotopic (exact) mass is 385 g/mol. The number of nitrogens with one attached hydrogen (secondary N) is 2. The minimum absolute atomic E-state index is 0. The van der Waals surface area contributed by atoms with Gasteiger partial charge < -0.3 is 10.6 Å². The van der Waals surface area contributed by atoms with Crippen molar-refractivity contribution in [3.63, 3.8) is 0 Å². The van der Waals surface area contributed by atoms with Crippen molar-refractivity contribution >= 4 is 29.9 Å². The van der Waals surface area contributed by atoms with Crippen LogP contribution in [0.2, 0.25) is 0 Å². The van der Waals surface area contributed by atoms with Crippen molar-refractivity contribution in [3.05, 3.63) is 48.3 Å². The summed E-state index contributed by atoms with van der Waals surface area (Å²) in [6.07, 6.45) is 4.86. The molecular formula is C14H20IN5. The van der Waals surface area contributed by atoms with Crippen LogP contribution in [-0.4, -0.2) is 36.4 Å². The van der Waals surface area contributed by atoms with Crippen molar-refractivity contribution < 1.29 is 0 Å². The molecule has 0 radical (unpaired) electrons. The quantitative estimate of drug-likeness (QED) is 0.480. The normalized spacial score (nSPS) is 10.8. The largest absolute Gasteiger partial charge is 0.359 e. The summed E-state index contributed by atoms with van der Waals surface area (Å²) in [4.78, 5) is 4.06. The molecule has 1 aromatic carbocycles. The van der Waals surface area contributed by atoms with Crippen LogP contribution in [0.25, 0.3) is 5.69 Å². The first-order chi connectivity index (χ1) is 9.33. The van der Waals surface area contributed by atoms with Crippen LogP contribution >= 0.6 is 24.0 Å². The fourth-order valence-electron chi connectivity index (χ4n) is 1.82. The Kier molecular flexibility index (Phi) is 7.06. The van der Waals surface area contributed by atoms with Gasteiger partial charge in [0.2, 0.25) is 0 Å². The van der Waals surface area contributed by atoms with Crippen LogP contribution in [0.15, 0.2) is 47.7 Å². The number of para-hydroxylation sites is 1. The number of halogens is 1. The van der Waals surface area contributed by atoms with Crippen LogP contribution in [0.3, 0.4) is 0 Å². The van der Waals surface area contributed by atoms with E-state index in [4.69, 9.17) is 0 Å². The lowest BCUT2D eigenvalue weighted by Gasteiger charge is -2.06. The molecule has 0 atom stereocenters. The molecule has 0 saturated carbocycles. The molecule has 0 bridgehead atoms. The van der Waals surface area contributed by atoms with Gasteiger partial charge in [0.25, 0.3) is 0 Å². The molecule has 1 heterocycles. The van der Waals surface area contributed by atoms with Crippen LogP contribution in [0, 0.1) is 0 Å². The van der Waals surface area contributed by atoms with Crippen molar-refractivity contribution in [1.29, 1.82) is 0 Å². The first-order valence-electron chi connectivity index (χ1n) is 6.31. The zero-order valence-corrected chi connectivity index (χ0v) is 14.0. The topological polar surface area (TPSA) is 54.2 Å². The van der Waals surface area contributed by atoms with Gasteiger partial charge in [0, 0.05) is 26.8 Å². The maximum absolute atomic E-state index is 4.37. The second-order valence-electron chi connectivity index (χ2n) is 4.13. The first kappa shape index (κ1) is 16.5. The lowest BCUT2D eigenvalue weighted by Crippen LogP contribution is -2.35. The molecule has 0 fully saturated rings. The molecule has 0 saturated heterocycles. The van der Waals surface area contributed by atoms with Gasteiger partial charge >= 0.3 is 0 Å². The van der Waals surface area contributed by atoms with E-state index in [0.717, 1.165) is 24.6 Å². The van der Waals surface area contributed by atoms with E-state index in [-0.39, 0.29) is 24.0 Å². The third kappa shape index (κ3) is 4.52. The second kappa shape index (κ2) is 8.57. The summed E-state index contributed by atoms with van der Waals surface area (Å²) in [6.45, 7) is 0.827. The summed E-state index contributed by atoms with van der Waals surface area (Å²) in [7, 11) is 3.61. The van der Waals surface area contributed by atoms with Gasteiger partial charge in [-0.1, -0.05) is 18.2 Å². The lowest BCUT2D eigenvalue weighted by atomic mass is 10.2. The second-order valence-corrected chi connectivity index (χ2v) is 4.13. The zero-order valence-electron chi connectivity index (χ0n) is 11.7. The number of hydrogen-bond donors (Lipinski definition) is 2. The molecule has 2 N–H and O–H groups in total. The van der Waals surface area contributed by atoms with E-state index in [9.17, 15) is 0 Å². The molecule has 5 nitrogen and oxygen atoms in total. The number of nitrogens with zero attached hydrogens (tertiary/aromatic N) is 3. The predicted molar refractivity (Wildman–Crippen MR) is 93.1 cm³/mol. The van der Waals surface area contributed by atoms with E-state index < -0.39 is 0 Å². The Morgan fingerprint density at radius 3 is 2.70 bits per heavy atom. The van der Waals surface area contributed by atoms with Crippen molar-refractivity contribution in [2.45, 2.75) is 6.42 Å². The van der Waals surface area contributed by atoms with Gasteiger partial charge in [0.05, 0.1) is 11.9 Å². The lowest BCUT2D eigenvalue weighted by molar-refractivity contribution is 0.832. The van der Waals surface area contributed by atoms with E-state index in [1.807, 2.05) is 48.3 Å². The molecule has 0 amide bonds. The maximum Gasteiger partial charge on any atom is 0.190 e. The number of hydrogen-bond acceptors (Lipinski definition) is 2. The number of guanidine groups is 1. The fraction of sp³-hybridized carbons (Fsp3) is 0.286. The van der Waals surface area contributed by atoms with E-state index in [0.29, 0.717) is 0 Å². The van der Waals surface area contributed by atoms with Gasteiger partial charge in [-0.05, 0) is 24.1 Å². The summed E-state index contributed by atoms with van der Waals surface area (Å²) in [6, 6.07) is 10.1. The Balaban J connectivity index is 0.00000200. The third-order valence-electron chi connectivity index (χ3n) is 2.82. The van der Waals surface area contributed by atoms with Crippen LogP contribution in [0.5, 0.6) is 0 Å². The number of aromatic nitrogens is 2. The highest BCUT2D eigenvalue weighted by molar-refractivity contribution is 14.0. The van der Waals surface area contributed by atoms with E-state index in [1.54, 1.807) is 7.05 Å². The fourth-order valence-corrected chi connectivity index (χ4v) is 1.82. The molecule has 0 aliphatic carbocycles. The number of benzene rings is 1. The SMILES string of the molecule is CN=C(NC)NCCc1cnn(-c2ccccc2)c1.I. The van der Waals surface area contributed by atoms with Crippen LogP contribution < -0.4 is 10.6 Å². The zero-order chi connectivity index (χ0) is 13.5. The van der Waals surface area contributed by atoms with Gasteiger partial charge in [-0.3, -0.25) is 4.99 Å². The minimum Gasteiger partial charge on any atom is -0.359 e. The summed E-state index contributed by atoms with van der Waals surface area (Å²) < 4.78 is 1.89. The summed E-state index contributed by atoms with van der Waals surface area (Å²) in [5.74, 6) is 0.801. The van der Waals surface area contributed by atoms with Crippen LogP contribution in [0.4, 0.5) is 0 Å². The minimum atomic E-state index is 0. The van der Waals surface area contributed by atoms with E-state index in [2.05, 4.69) is 26.9 Å². The van der Waals surface area contributed by atoms with E-state index >= 15 is 0 Å². The van der Waals surface area contributed by atoms with Gasteiger partial charge in [-0.15, -0.1) is 24.0 Å². The average Bonchev–Trinajstić information content (AvgIpc) is 2.93. The van der Waals surface area contributed by atoms with Crippen LogP contribution in [-0.2, 0) is 6.42 Å². The van der Waals surface area contributed by atoms with Gasteiger partial charge in [0.1, 0.15) is 0 Å². The molecule has 6 heteroatoms. The number of rotatable bonds is 4. The van der Waals surface area contributed by atoms with Crippen molar-refractivity contribution in [2.24, 2.45) is 4.99 Å². The highest BCUT2D eigenvalue weighted by Crippen LogP contribution is 2.07. The van der Waals surface area contributed by atoms with E-state index in [1.165, 1.54) is 5.56 Å². The van der Waals surface area contributed by atoms with Gasteiger partial charge in [0.15, 0.2) is 5.96 Å². The van der Waals surface area contributed by atoms with Crippen molar-refractivity contribution in [3.8, 4) is 5.69 Å². The van der Waals surface area contributed by atoms with Gasteiger partial charge in [-0.2, -0.15) is 5.10 Å². The molecule has 1 aromatic heterocycles. The van der Waals surface area contributed by atoms with Crippen LogP contribution in [0.1, 0.15) is 5.56 Å². The Morgan fingerprint density at radius 1 is 1.30 bits per heavy atom. The van der Waals surface area contributed by atoms with Gasteiger partial charge in [-0.25, -0.2) is 4.68 Å². The highest BCUT2D eigenvalue weighted by Gasteiger charge is 2.01. The molecule has 0 spiro atoms. The summed E-state index contributed by atoms with van der Waals surface area (Å²) in [5.41, 5.74) is 2.27. The molecule has 0 aliphatic heterocycles. The summed E-state index contributed by atoms with van der Waals surface area (Å²) >= 11 is 0. The standard InChI is InChI=1S/C14H19N5.HI/c1-15-14(16-2)17-9-8-12-10-18-19(11-12)13-6-4-3-5-7-13;/h3-7,10-11H,8-9H2,1-2H3,(H2,15,16,17);1H. The Hall–Kier alpha value is -1.57. The predicted octanol–water partition coefficient (Wildman–Crippen LogP) is 1.83. The van der Waals surface area contributed by atoms with Crippen molar-refractivity contribution in [1.82, 2.24) is 20.4 Å². The molecule has 0 unspecified atom stereocenters. The Morgan fingerprint density at radius 2 is 2.05 bits per heavy atom. The molecule has 2 rings (SSSR count).